The molecule has 3 aromatic rings. The lowest BCUT2D eigenvalue weighted by Gasteiger charge is -2.30. The van der Waals surface area contributed by atoms with Crippen molar-refractivity contribution in [2.24, 2.45) is 0 Å². The maximum atomic E-state index is 6.55. The Morgan fingerprint density at radius 2 is 1.83 bits per heavy atom. The van der Waals surface area contributed by atoms with Gasteiger partial charge in [0.1, 0.15) is 0 Å². The molecule has 0 aliphatic carbocycles. The Labute approximate surface area is 178 Å². The molecule has 1 aliphatic rings. The number of anilines is 1. The molecule has 29 heavy (non-hydrogen) atoms. The quantitative estimate of drug-likeness (QED) is 0.521. The van der Waals surface area contributed by atoms with Gasteiger partial charge in [0.25, 0.3) is 0 Å². The molecule has 0 atom stereocenters. The Morgan fingerprint density at radius 1 is 1.03 bits per heavy atom. The van der Waals surface area contributed by atoms with Gasteiger partial charge in [-0.15, -0.1) is 0 Å². The zero-order valence-corrected chi connectivity index (χ0v) is 17.6. The first-order chi connectivity index (χ1) is 14.2. The molecule has 1 aliphatic heterocycles. The summed E-state index contributed by atoms with van der Waals surface area (Å²) in [7, 11) is 0. The summed E-state index contributed by atoms with van der Waals surface area (Å²) in [5, 5.41) is 4.13. The Kier molecular flexibility index (Phi) is 6.43. The van der Waals surface area contributed by atoms with Crippen LogP contribution in [0, 0.1) is 0 Å². The van der Waals surface area contributed by atoms with E-state index in [9.17, 15) is 0 Å². The SMILES string of the molecule is CCCCNc1nc2c(c(-c3ccccc3Cl)n1)CN(Cc1ccccc1)CC2. The molecular formula is C24H27ClN4. The maximum absolute atomic E-state index is 6.55. The third kappa shape index (κ3) is 4.77. The molecule has 0 saturated carbocycles. The predicted molar refractivity (Wildman–Crippen MR) is 120 cm³/mol. The topological polar surface area (TPSA) is 41.1 Å². The van der Waals surface area contributed by atoms with Gasteiger partial charge in [-0.2, -0.15) is 0 Å². The van der Waals surface area contributed by atoms with Crippen molar-refractivity contribution in [1.82, 2.24) is 14.9 Å². The Hall–Kier alpha value is -2.43. The molecule has 1 aromatic heterocycles. The van der Waals surface area contributed by atoms with E-state index in [1.54, 1.807) is 0 Å². The molecule has 0 bridgehead atoms. The van der Waals surface area contributed by atoms with Crippen LogP contribution in [-0.4, -0.2) is 28.0 Å². The molecular weight excluding hydrogens is 380 g/mol. The summed E-state index contributed by atoms with van der Waals surface area (Å²) >= 11 is 6.55. The molecule has 0 fully saturated rings. The van der Waals surface area contributed by atoms with Crippen molar-refractivity contribution >= 4 is 17.5 Å². The van der Waals surface area contributed by atoms with Crippen LogP contribution in [0.2, 0.25) is 5.02 Å². The molecule has 0 amide bonds. The van der Waals surface area contributed by atoms with Crippen molar-refractivity contribution < 1.29 is 0 Å². The first-order valence-electron chi connectivity index (χ1n) is 10.4. The lowest BCUT2D eigenvalue weighted by atomic mass is 9.98. The second kappa shape index (κ2) is 9.38. The number of halogens is 1. The highest BCUT2D eigenvalue weighted by Crippen LogP contribution is 2.33. The third-order valence-corrected chi connectivity index (χ3v) is 5.66. The molecule has 0 spiro atoms. The summed E-state index contributed by atoms with van der Waals surface area (Å²) in [6, 6.07) is 18.6. The number of hydrogen-bond donors (Lipinski definition) is 1. The molecule has 2 heterocycles. The summed E-state index contributed by atoms with van der Waals surface area (Å²) in [5.41, 5.74) is 5.60. The van der Waals surface area contributed by atoms with E-state index < -0.39 is 0 Å². The normalized spacial score (nSPS) is 13.9. The summed E-state index contributed by atoms with van der Waals surface area (Å²) in [5.74, 6) is 0.712. The largest absolute Gasteiger partial charge is 0.354 e. The first kappa shape index (κ1) is 19.9. The predicted octanol–water partition coefficient (Wildman–Crippen LogP) is 5.57. The molecule has 0 radical (unpaired) electrons. The highest BCUT2D eigenvalue weighted by molar-refractivity contribution is 6.33. The fourth-order valence-corrected chi connectivity index (χ4v) is 4.00. The van der Waals surface area contributed by atoms with Crippen LogP contribution >= 0.6 is 11.6 Å². The molecule has 150 valence electrons. The van der Waals surface area contributed by atoms with E-state index in [0.29, 0.717) is 5.95 Å². The van der Waals surface area contributed by atoms with Crippen LogP contribution in [0.15, 0.2) is 54.6 Å². The van der Waals surface area contributed by atoms with Crippen molar-refractivity contribution in [2.75, 3.05) is 18.4 Å². The van der Waals surface area contributed by atoms with Crippen LogP contribution in [0.1, 0.15) is 36.6 Å². The molecule has 0 saturated heterocycles. The van der Waals surface area contributed by atoms with Gasteiger partial charge in [-0.05, 0) is 18.1 Å². The van der Waals surface area contributed by atoms with Gasteiger partial charge in [0.2, 0.25) is 5.95 Å². The highest BCUT2D eigenvalue weighted by atomic mass is 35.5. The van der Waals surface area contributed by atoms with Crippen molar-refractivity contribution in [2.45, 2.75) is 39.3 Å². The van der Waals surface area contributed by atoms with Crippen molar-refractivity contribution in [3.05, 3.63) is 76.4 Å². The van der Waals surface area contributed by atoms with Gasteiger partial charge in [-0.3, -0.25) is 4.90 Å². The van der Waals surface area contributed by atoms with Crippen molar-refractivity contribution in [3.63, 3.8) is 0 Å². The third-order valence-electron chi connectivity index (χ3n) is 5.33. The number of hydrogen-bond acceptors (Lipinski definition) is 4. The van der Waals surface area contributed by atoms with E-state index in [2.05, 4.69) is 53.5 Å². The van der Waals surface area contributed by atoms with Crippen LogP contribution in [0.25, 0.3) is 11.3 Å². The highest BCUT2D eigenvalue weighted by Gasteiger charge is 2.24. The van der Waals surface area contributed by atoms with E-state index in [-0.39, 0.29) is 0 Å². The number of unbranched alkanes of at least 4 members (excludes halogenated alkanes) is 1. The van der Waals surface area contributed by atoms with Crippen LogP contribution in [0.3, 0.4) is 0 Å². The molecule has 0 unspecified atom stereocenters. The van der Waals surface area contributed by atoms with E-state index >= 15 is 0 Å². The number of benzene rings is 2. The van der Waals surface area contributed by atoms with E-state index in [1.165, 1.54) is 11.1 Å². The molecule has 5 heteroatoms. The fraction of sp³-hybridized carbons (Fsp3) is 0.333. The van der Waals surface area contributed by atoms with Gasteiger partial charge in [0, 0.05) is 48.7 Å². The minimum absolute atomic E-state index is 0.712. The monoisotopic (exact) mass is 406 g/mol. The molecule has 2 aromatic carbocycles. The number of fused-ring (bicyclic) bond motifs is 1. The molecule has 4 nitrogen and oxygen atoms in total. The van der Waals surface area contributed by atoms with Crippen LogP contribution in [-0.2, 0) is 19.5 Å². The van der Waals surface area contributed by atoms with Crippen LogP contribution < -0.4 is 5.32 Å². The van der Waals surface area contributed by atoms with Gasteiger partial charge >= 0.3 is 0 Å². The van der Waals surface area contributed by atoms with Crippen LogP contribution in [0.5, 0.6) is 0 Å². The van der Waals surface area contributed by atoms with E-state index in [4.69, 9.17) is 21.6 Å². The number of nitrogens with one attached hydrogen (secondary N) is 1. The zero-order chi connectivity index (χ0) is 20.1. The van der Waals surface area contributed by atoms with Gasteiger partial charge in [-0.1, -0.05) is 73.5 Å². The summed E-state index contributed by atoms with van der Waals surface area (Å²) < 4.78 is 0. The molecule has 4 rings (SSSR count). The average Bonchev–Trinajstić information content (AvgIpc) is 2.75. The number of aromatic nitrogens is 2. The van der Waals surface area contributed by atoms with Crippen molar-refractivity contribution in [3.8, 4) is 11.3 Å². The minimum atomic E-state index is 0.712. The van der Waals surface area contributed by atoms with Gasteiger partial charge in [-0.25, -0.2) is 9.97 Å². The minimum Gasteiger partial charge on any atom is -0.354 e. The maximum Gasteiger partial charge on any atom is 0.223 e. The summed E-state index contributed by atoms with van der Waals surface area (Å²) in [6.07, 6.45) is 3.17. The standard InChI is InChI=1S/C24H27ClN4/c1-2-3-14-26-24-27-22-13-15-29(16-18-9-5-4-6-10-18)17-20(22)23(28-24)19-11-7-8-12-21(19)25/h4-12H,2-3,13-17H2,1H3,(H,26,27,28). The second-order valence-corrected chi connectivity index (χ2v) is 7.93. The number of rotatable bonds is 7. The fourth-order valence-electron chi connectivity index (χ4n) is 3.78. The van der Waals surface area contributed by atoms with E-state index in [0.717, 1.165) is 67.4 Å². The summed E-state index contributed by atoms with van der Waals surface area (Å²) in [4.78, 5) is 12.2. The zero-order valence-electron chi connectivity index (χ0n) is 16.9. The van der Waals surface area contributed by atoms with E-state index in [1.807, 2.05) is 18.2 Å². The van der Waals surface area contributed by atoms with Gasteiger partial charge < -0.3 is 5.32 Å². The Balaban J connectivity index is 1.67. The summed E-state index contributed by atoms with van der Waals surface area (Å²) in [6.45, 7) is 5.83. The smallest absolute Gasteiger partial charge is 0.223 e. The second-order valence-electron chi connectivity index (χ2n) is 7.53. The number of nitrogens with zero attached hydrogens (tertiary/aromatic N) is 3. The van der Waals surface area contributed by atoms with Gasteiger partial charge in [0.05, 0.1) is 11.4 Å². The van der Waals surface area contributed by atoms with Crippen LogP contribution in [0.4, 0.5) is 5.95 Å². The average molecular weight is 407 g/mol. The molecule has 1 N–H and O–H groups in total. The Bertz CT molecular complexity index is 958. The lowest BCUT2D eigenvalue weighted by Crippen LogP contribution is -2.31. The lowest BCUT2D eigenvalue weighted by molar-refractivity contribution is 0.243. The van der Waals surface area contributed by atoms with Gasteiger partial charge in [0.15, 0.2) is 0 Å². The Morgan fingerprint density at radius 3 is 2.62 bits per heavy atom. The van der Waals surface area contributed by atoms with Crippen molar-refractivity contribution in [1.29, 1.82) is 0 Å². The first-order valence-corrected chi connectivity index (χ1v) is 10.8.